The number of benzene rings is 1. The number of aliphatic hydroxyl groups is 2. The molecule has 0 unspecified atom stereocenters. The molecule has 2 rings (SSSR count). The molecule has 1 aliphatic heterocycles. The van der Waals surface area contributed by atoms with Crippen LogP contribution >= 0.6 is 0 Å². The molecular formula is C17H25NO6. The van der Waals surface area contributed by atoms with Gasteiger partial charge in [-0.25, -0.2) is 4.79 Å². The van der Waals surface area contributed by atoms with E-state index in [1.165, 1.54) is 0 Å². The Morgan fingerprint density at radius 2 is 2.08 bits per heavy atom. The van der Waals surface area contributed by atoms with Crippen molar-refractivity contribution in [1.29, 1.82) is 0 Å². The van der Waals surface area contributed by atoms with Gasteiger partial charge in [0.25, 0.3) is 0 Å². The Hall–Kier alpha value is -1.67. The molecule has 0 bridgehead atoms. The lowest BCUT2D eigenvalue weighted by Gasteiger charge is -2.39. The zero-order valence-corrected chi connectivity index (χ0v) is 13.8. The van der Waals surface area contributed by atoms with E-state index in [1.54, 1.807) is 12.1 Å². The summed E-state index contributed by atoms with van der Waals surface area (Å²) in [5.41, 5.74) is 0.833. The molecule has 1 heterocycles. The molecule has 0 amide bonds. The fourth-order valence-electron chi connectivity index (χ4n) is 2.87. The second-order valence-electron chi connectivity index (χ2n) is 5.92. The lowest BCUT2D eigenvalue weighted by Crippen LogP contribution is -2.55. The molecule has 1 aromatic rings. The van der Waals surface area contributed by atoms with Gasteiger partial charge in [-0.15, -0.1) is 0 Å². The number of aliphatic hydroxyl groups excluding tert-OH is 2. The predicted molar refractivity (Wildman–Crippen MR) is 86.9 cm³/mol. The molecule has 1 fully saturated rings. The normalized spacial score (nSPS) is 24.1. The largest absolute Gasteiger partial charge is 0.482 e. The van der Waals surface area contributed by atoms with Crippen LogP contribution in [-0.4, -0.2) is 70.8 Å². The third-order valence-corrected chi connectivity index (χ3v) is 4.04. The number of nitrogens with zero attached hydrogens (tertiary/aromatic N) is 1. The number of hydrogen-bond acceptors (Lipinski definition) is 6. The topological polar surface area (TPSA) is 99.5 Å². The van der Waals surface area contributed by atoms with Crippen LogP contribution in [0.1, 0.15) is 18.9 Å². The van der Waals surface area contributed by atoms with E-state index in [9.17, 15) is 15.0 Å². The van der Waals surface area contributed by atoms with Crippen molar-refractivity contribution in [2.45, 2.75) is 38.1 Å². The maximum atomic E-state index is 10.7. The molecule has 1 saturated heterocycles. The molecule has 0 aliphatic carbocycles. The maximum absolute atomic E-state index is 10.7. The molecular weight excluding hydrogens is 314 g/mol. The Morgan fingerprint density at radius 1 is 1.33 bits per heavy atom. The summed E-state index contributed by atoms with van der Waals surface area (Å²) in [5, 5.41) is 28.9. The van der Waals surface area contributed by atoms with Crippen molar-refractivity contribution in [2.24, 2.45) is 0 Å². The maximum Gasteiger partial charge on any atom is 0.341 e. The van der Waals surface area contributed by atoms with Gasteiger partial charge in [0.2, 0.25) is 0 Å². The van der Waals surface area contributed by atoms with Crippen molar-refractivity contribution < 1.29 is 29.6 Å². The summed E-state index contributed by atoms with van der Waals surface area (Å²) < 4.78 is 10.7. The molecule has 24 heavy (non-hydrogen) atoms. The van der Waals surface area contributed by atoms with Crippen molar-refractivity contribution in [2.75, 3.05) is 26.4 Å². The highest BCUT2D eigenvalue weighted by atomic mass is 16.5. The zero-order chi connectivity index (χ0) is 17.5. The first-order chi connectivity index (χ1) is 11.5. The molecule has 1 aromatic carbocycles. The summed E-state index contributed by atoms with van der Waals surface area (Å²) in [6, 6.07) is 6.92. The third-order valence-electron chi connectivity index (χ3n) is 4.04. The van der Waals surface area contributed by atoms with Gasteiger partial charge in [0, 0.05) is 12.1 Å². The SMILES string of the molecule is CCCN(Cc1ccccc1OCC(=O)O)[C@@H]1COC[C@@H](O)[C@H]1O. The standard InChI is InChI=1S/C17H25NO6/c1-2-7-18(13-9-23-10-14(19)17(13)22)8-12-5-3-4-6-15(12)24-11-16(20)21/h3-6,13-14,17,19,22H,2,7-11H2,1H3,(H,20,21)/t13-,14-,17+/m1/s1. The van der Waals surface area contributed by atoms with Gasteiger partial charge in [0.05, 0.1) is 25.4 Å². The number of aliphatic carboxylic acids is 1. The smallest absolute Gasteiger partial charge is 0.341 e. The number of carboxylic acid groups (broad SMARTS) is 1. The quantitative estimate of drug-likeness (QED) is 0.633. The average molecular weight is 339 g/mol. The second-order valence-corrected chi connectivity index (χ2v) is 5.92. The molecule has 0 aromatic heterocycles. The van der Waals surface area contributed by atoms with Gasteiger partial charge in [0.15, 0.2) is 6.61 Å². The van der Waals surface area contributed by atoms with E-state index in [2.05, 4.69) is 0 Å². The summed E-state index contributed by atoms with van der Waals surface area (Å²) in [4.78, 5) is 12.8. The first-order valence-corrected chi connectivity index (χ1v) is 8.13. The van der Waals surface area contributed by atoms with Crippen molar-refractivity contribution >= 4 is 5.97 Å². The third kappa shape index (κ3) is 4.91. The summed E-state index contributed by atoms with van der Waals surface area (Å²) in [7, 11) is 0. The fourth-order valence-corrected chi connectivity index (χ4v) is 2.87. The molecule has 0 radical (unpaired) electrons. The Bertz CT molecular complexity index is 538. The minimum absolute atomic E-state index is 0.135. The van der Waals surface area contributed by atoms with Crippen LogP contribution in [0, 0.1) is 0 Å². The molecule has 3 N–H and O–H groups in total. The van der Waals surface area contributed by atoms with Gasteiger partial charge in [-0.3, -0.25) is 4.90 Å². The van der Waals surface area contributed by atoms with Crippen LogP contribution in [0.25, 0.3) is 0 Å². The fraction of sp³-hybridized carbons (Fsp3) is 0.588. The number of carboxylic acids is 1. The summed E-state index contributed by atoms with van der Waals surface area (Å²) in [6.45, 7) is 3.30. The van der Waals surface area contributed by atoms with Crippen LogP contribution in [0.3, 0.4) is 0 Å². The molecule has 0 saturated carbocycles. The van der Waals surface area contributed by atoms with Crippen molar-refractivity contribution in [3.05, 3.63) is 29.8 Å². The van der Waals surface area contributed by atoms with Crippen LogP contribution in [0.4, 0.5) is 0 Å². The van der Waals surface area contributed by atoms with Crippen molar-refractivity contribution in [1.82, 2.24) is 4.90 Å². The van der Waals surface area contributed by atoms with E-state index >= 15 is 0 Å². The summed E-state index contributed by atoms with van der Waals surface area (Å²) in [6.07, 6.45) is -0.906. The number of rotatable bonds is 8. The van der Waals surface area contributed by atoms with E-state index < -0.39 is 24.8 Å². The number of carbonyl (C=O) groups is 1. The highest BCUT2D eigenvalue weighted by Crippen LogP contribution is 2.23. The average Bonchev–Trinajstić information content (AvgIpc) is 2.56. The van der Waals surface area contributed by atoms with Gasteiger partial charge in [0.1, 0.15) is 11.9 Å². The Labute approximate surface area is 141 Å². The van der Waals surface area contributed by atoms with Gasteiger partial charge < -0.3 is 24.8 Å². The van der Waals surface area contributed by atoms with Crippen LogP contribution in [0.15, 0.2) is 24.3 Å². The molecule has 0 spiro atoms. The first kappa shape index (κ1) is 18.7. The predicted octanol–water partition coefficient (Wildman–Crippen LogP) is 0.483. The highest BCUT2D eigenvalue weighted by Gasteiger charge is 2.35. The highest BCUT2D eigenvalue weighted by molar-refractivity contribution is 5.68. The minimum atomic E-state index is -1.03. The molecule has 134 valence electrons. The second kappa shape index (κ2) is 8.98. The van der Waals surface area contributed by atoms with Crippen LogP contribution in [-0.2, 0) is 16.1 Å². The van der Waals surface area contributed by atoms with E-state index in [-0.39, 0.29) is 12.6 Å². The minimum Gasteiger partial charge on any atom is -0.482 e. The van der Waals surface area contributed by atoms with Gasteiger partial charge in [-0.2, -0.15) is 0 Å². The first-order valence-electron chi connectivity index (χ1n) is 8.13. The zero-order valence-electron chi connectivity index (χ0n) is 13.8. The lowest BCUT2D eigenvalue weighted by molar-refractivity contribution is -0.139. The van der Waals surface area contributed by atoms with E-state index in [0.29, 0.717) is 25.4 Å². The molecule has 3 atom stereocenters. The van der Waals surface area contributed by atoms with Gasteiger partial charge in [-0.05, 0) is 19.0 Å². The molecule has 1 aliphatic rings. The number of ether oxygens (including phenoxy) is 2. The van der Waals surface area contributed by atoms with Crippen molar-refractivity contribution in [3.8, 4) is 5.75 Å². The molecule has 7 heteroatoms. The van der Waals surface area contributed by atoms with Crippen LogP contribution < -0.4 is 4.74 Å². The Balaban J connectivity index is 2.14. The van der Waals surface area contributed by atoms with E-state index in [0.717, 1.165) is 12.0 Å². The van der Waals surface area contributed by atoms with Gasteiger partial charge in [-0.1, -0.05) is 25.1 Å². The van der Waals surface area contributed by atoms with E-state index in [1.807, 2.05) is 24.0 Å². The number of hydrogen-bond donors (Lipinski definition) is 3. The van der Waals surface area contributed by atoms with Crippen molar-refractivity contribution in [3.63, 3.8) is 0 Å². The summed E-state index contributed by atoms with van der Waals surface area (Å²) >= 11 is 0. The Kier molecular flexibility index (Phi) is 6.99. The van der Waals surface area contributed by atoms with Crippen LogP contribution in [0.2, 0.25) is 0 Å². The Morgan fingerprint density at radius 3 is 2.79 bits per heavy atom. The summed E-state index contributed by atoms with van der Waals surface area (Å²) in [5.74, 6) is -0.526. The number of para-hydroxylation sites is 1. The monoisotopic (exact) mass is 339 g/mol. The van der Waals surface area contributed by atoms with E-state index in [4.69, 9.17) is 14.6 Å². The molecule has 7 nitrogen and oxygen atoms in total. The van der Waals surface area contributed by atoms with Gasteiger partial charge >= 0.3 is 5.97 Å². The van der Waals surface area contributed by atoms with Crippen LogP contribution in [0.5, 0.6) is 5.75 Å². The lowest BCUT2D eigenvalue weighted by atomic mass is 10.0.